The third-order valence-corrected chi connectivity index (χ3v) is 3.45. The number of aromatic nitrogens is 4. The number of nitrogens with zero attached hydrogens (tertiary/aromatic N) is 5. The van der Waals surface area contributed by atoms with Gasteiger partial charge in [-0.3, -0.25) is 10.1 Å². The minimum absolute atomic E-state index is 0.124. The number of esters is 2. The molecular weight excluding hydrogens is 346 g/mol. The molecule has 1 aromatic carbocycles. The van der Waals surface area contributed by atoms with Gasteiger partial charge in [-0.2, -0.15) is 0 Å². The molecule has 2 aromatic rings. The molecule has 0 unspecified atom stereocenters. The minimum atomic E-state index is -0.844. The molecule has 0 bridgehead atoms. The van der Waals surface area contributed by atoms with Crippen molar-refractivity contribution in [2.75, 3.05) is 7.11 Å². The van der Waals surface area contributed by atoms with Gasteiger partial charge in [0.15, 0.2) is 12.4 Å². The molecule has 1 aromatic heterocycles. The van der Waals surface area contributed by atoms with Gasteiger partial charge in [0, 0.05) is 18.7 Å². The average Bonchev–Trinajstić information content (AvgIpc) is 3.10. The summed E-state index contributed by atoms with van der Waals surface area (Å²) in [6, 6.07) is 3.21. The summed E-state index contributed by atoms with van der Waals surface area (Å²) in [4.78, 5) is 34.1. The van der Waals surface area contributed by atoms with Gasteiger partial charge in [-0.05, 0) is 22.9 Å². The number of aryl methyl sites for hydroxylation is 1. The number of hydrogen-bond donors (Lipinski definition) is 0. The van der Waals surface area contributed by atoms with Crippen LogP contribution in [0.2, 0.25) is 0 Å². The molecular formula is C15H17N5O6. The quantitative estimate of drug-likeness (QED) is 0.388. The summed E-state index contributed by atoms with van der Waals surface area (Å²) < 4.78 is 11.2. The van der Waals surface area contributed by atoms with Crippen molar-refractivity contribution in [1.82, 2.24) is 20.2 Å². The van der Waals surface area contributed by atoms with E-state index in [0.717, 1.165) is 32.1 Å². The molecule has 0 spiro atoms. The Hall–Kier alpha value is -3.37. The van der Waals surface area contributed by atoms with Crippen LogP contribution in [0.25, 0.3) is 0 Å². The zero-order valence-electron chi connectivity index (χ0n) is 14.2. The van der Waals surface area contributed by atoms with Gasteiger partial charge in [0.05, 0.1) is 23.2 Å². The highest BCUT2D eigenvalue weighted by Gasteiger charge is 2.20. The first-order valence-electron chi connectivity index (χ1n) is 7.76. The summed E-state index contributed by atoms with van der Waals surface area (Å²) in [7, 11) is 1.13. The van der Waals surface area contributed by atoms with Gasteiger partial charge in [-0.15, -0.1) is 5.10 Å². The largest absolute Gasteiger partial charge is 0.465 e. The fourth-order valence-corrected chi connectivity index (χ4v) is 2.09. The number of benzene rings is 1. The summed E-state index contributed by atoms with van der Waals surface area (Å²) in [6.07, 6.45) is 1.81. The third kappa shape index (κ3) is 4.59. The van der Waals surface area contributed by atoms with Crippen LogP contribution >= 0.6 is 0 Å². The first kappa shape index (κ1) is 19.0. The molecule has 0 amide bonds. The monoisotopic (exact) mass is 363 g/mol. The number of unbranched alkanes of at least 4 members (excludes halogenated alkanes) is 1. The molecule has 0 saturated heterocycles. The molecule has 1 heterocycles. The molecule has 0 aliphatic heterocycles. The summed E-state index contributed by atoms with van der Waals surface area (Å²) in [5, 5.41) is 22.1. The van der Waals surface area contributed by atoms with Crippen LogP contribution in [-0.4, -0.2) is 44.2 Å². The van der Waals surface area contributed by atoms with E-state index >= 15 is 0 Å². The number of ether oxygens (including phenoxy) is 2. The number of tetrazole rings is 1. The second-order valence-electron chi connectivity index (χ2n) is 5.27. The van der Waals surface area contributed by atoms with Gasteiger partial charge >= 0.3 is 11.9 Å². The Morgan fingerprint density at radius 3 is 2.54 bits per heavy atom. The predicted octanol–water partition coefficient (Wildman–Crippen LogP) is 1.52. The number of methoxy groups -OCH3 is 1. The van der Waals surface area contributed by atoms with E-state index in [1.807, 2.05) is 6.92 Å². The summed E-state index contributed by atoms with van der Waals surface area (Å²) in [5.74, 6) is -1.29. The molecule has 0 atom stereocenters. The number of nitro benzene ring substituents is 1. The Kier molecular flexibility index (Phi) is 6.31. The molecule has 0 aliphatic carbocycles. The van der Waals surface area contributed by atoms with E-state index in [-0.39, 0.29) is 17.7 Å². The Morgan fingerprint density at radius 2 is 1.92 bits per heavy atom. The highest BCUT2D eigenvalue weighted by Crippen LogP contribution is 2.19. The summed E-state index contributed by atoms with van der Waals surface area (Å²) in [6.45, 7) is 2.40. The molecule has 11 nitrogen and oxygen atoms in total. The van der Waals surface area contributed by atoms with Crippen LogP contribution in [0.5, 0.6) is 0 Å². The van der Waals surface area contributed by atoms with Crippen molar-refractivity contribution in [2.24, 2.45) is 0 Å². The second-order valence-corrected chi connectivity index (χ2v) is 5.27. The van der Waals surface area contributed by atoms with E-state index in [1.54, 1.807) is 0 Å². The van der Waals surface area contributed by atoms with E-state index in [1.165, 1.54) is 10.7 Å². The topological polar surface area (TPSA) is 139 Å². The van der Waals surface area contributed by atoms with Crippen molar-refractivity contribution in [2.45, 2.75) is 32.9 Å². The summed E-state index contributed by atoms with van der Waals surface area (Å²) in [5.41, 5.74) is -0.693. The standard InChI is InChI=1S/C15H17N5O6/c1-3-4-5-19-13(16-17-18-19)9-26-15(22)11-6-10(14(21)25-2)7-12(8-11)20(23)24/h6-8H,3-5,9H2,1-2H3. The van der Waals surface area contributed by atoms with Crippen LogP contribution in [-0.2, 0) is 22.6 Å². The first-order valence-corrected chi connectivity index (χ1v) is 7.76. The van der Waals surface area contributed by atoms with Crippen molar-refractivity contribution in [3.63, 3.8) is 0 Å². The number of hydrogen-bond acceptors (Lipinski definition) is 9. The predicted molar refractivity (Wildman–Crippen MR) is 86.3 cm³/mol. The average molecular weight is 363 g/mol. The van der Waals surface area contributed by atoms with Gasteiger partial charge in [-0.25, -0.2) is 14.3 Å². The van der Waals surface area contributed by atoms with Crippen molar-refractivity contribution < 1.29 is 24.0 Å². The lowest BCUT2D eigenvalue weighted by Crippen LogP contribution is -2.12. The Balaban J connectivity index is 2.16. The Bertz CT molecular complexity index is 819. The Labute approximate surface area is 148 Å². The zero-order chi connectivity index (χ0) is 19.1. The smallest absolute Gasteiger partial charge is 0.338 e. The fourth-order valence-electron chi connectivity index (χ4n) is 2.09. The van der Waals surface area contributed by atoms with E-state index in [0.29, 0.717) is 12.4 Å². The molecule has 0 aliphatic rings. The molecule has 0 N–H and O–H groups in total. The van der Waals surface area contributed by atoms with Crippen LogP contribution in [0, 0.1) is 10.1 Å². The molecule has 0 radical (unpaired) electrons. The minimum Gasteiger partial charge on any atom is -0.465 e. The van der Waals surface area contributed by atoms with Crippen LogP contribution in [0.1, 0.15) is 46.3 Å². The van der Waals surface area contributed by atoms with Gasteiger partial charge in [-0.1, -0.05) is 13.3 Å². The van der Waals surface area contributed by atoms with E-state index in [4.69, 9.17) is 4.74 Å². The number of non-ortho nitro benzene ring substituents is 1. The van der Waals surface area contributed by atoms with Gasteiger partial charge in [0.25, 0.3) is 5.69 Å². The lowest BCUT2D eigenvalue weighted by atomic mass is 10.1. The number of carbonyl (C=O) groups excluding carboxylic acids is 2. The van der Waals surface area contributed by atoms with Crippen molar-refractivity contribution >= 4 is 17.6 Å². The lowest BCUT2D eigenvalue weighted by Gasteiger charge is -2.07. The van der Waals surface area contributed by atoms with Crippen LogP contribution in [0.3, 0.4) is 0 Å². The zero-order valence-corrected chi connectivity index (χ0v) is 14.2. The number of rotatable bonds is 8. The Morgan fingerprint density at radius 1 is 1.23 bits per heavy atom. The molecule has 11 heteroatoms. The van der Waals surface area contributed by atoms with Crippen LogP contribution in [0.15, 0.2) is 18.2 Å². The third-order valence-electron chi connectivity index (χ3n) is 3.45. The lowest BCUT2D eigenvalue weighted by molar-refractivity contribution is -0.384. The van der Waals surface area contributed by atoms with Gasteiger partial charge < -0.3 is 9.47 Å². The van der Waals surface area contributed by atoms with E-state index < -0.39 is 22.5 Å². The van der Waals surface area contributed by atoms with Gasteiger partial charge in [0.2, 0.25) is 0 Å². The van der Waals surface area contributed by atoms with E-state index in [9.17, 15) is 19.7 Å². The molecule has 0 saturated carbocycles. The highest BCUT2D eigenvalue weighted by atomic mass is 16.6. The number of nitro groups is 1. The van der Waals surface area contributed by atoms with Crippen LogP contribution < -0.4 is 0 Å². The van der Waals surface area contributed by atoms with Gasteiger partial charge in [0.1, 0.15) is 0 Å². The van der Waals surface area contributed by atoms with Crippen molar-refractivity contribution in [3.05, 3.63) is 45.3 Å². The fraction of sp³-hybridized carbons (Fsp3) is 0.400. The first-order chi connectivity index (χ1) is 12.5. The number of carbonyl (C=O) groups is 2. The molecule has 138 valence electrons. The maximum absolute atomic E-state index is 12.2. The highest BCUT2D eigenvalue weighted by molar-refractivity contribution is 5.96. The molecule has 2 rings (SSSR count). The van der Waals surface area contributed by atoms with E-state index in [2.05, 4.69) is 20.3 Å². The maximum atomic E-state index is 12.2. The molecule has 26 heavy (non-hydrogen) atoms. The summed E-state index contributed by atoms with van der Waals surface area (Å²) >= 11 is 0. The van der Waals surface area contributed by atoms with Crippen LogP contribution in [0.4, 0.5) is 5.69 Å². The second kappa shape index (κ2) is 8.65. The van der Waals surface area contributed by atoms with Crippen molar-refractivity contribution in [3.8, 4) is 0 Å². The van der Waals surface area contributed by atoms with Crippen molar-refractivity contribution in [1.29, 1.82) is 0 Å². The maximum Gasteiger partial charge on any atom is 0.338 e. The molecule has 0 fully saturated rings. The SMILES string of the molecule is CCCCn1nnnc1COC(=O)c1cc(C(=O)OC)cc([N+](=O)[O-])c1. The normalized spacial score (nSPS) is 10.4.